The fourth-order valence-electron chi connectivity index (χ4n) is 2.15. The van der Waals surface area contributed by atoms with E-state index >= 15 is 0 Å². The highest BCUT2D eigenvalue weighted by atomic mass is 19.3. The van der Waals surface area contributed by atoms with Crippen LogP contribution in [0.4, 0.5) is 20.3 Å². The molecule has 0 atom stereocenters. The Labute approximate surface area is 131 Å². The first kappa shape index (κ1) is 16.7. The molecule has 2 aromatic rings. The van der Waals surface area contributed by atoms with E-state index < -0.39 is 18.0 Å². The third-order valence-corrected chi connectivity index (χ3v) is 3.11. The number of nitrogens with zero attached hydrogens (tertiary/aromatic N) is 3. The number of nitro groups is 1. The van der Waals surface area contributed by atoms with E-state index in [-0.39, 0.29) is 18.1 Å². The van der Waals surface area contributed by atoms with Crippen LogP contribution in [-0.2, 0) is 13.6 Å². The highest BCUT2D eigenvalue weighted by molar-refractivity contribution is 5.59. The molecule has 0 bridgehead atoms. The van der Waals surface area contributed by atoms with Gasteiger partial charge in [0.05, 0.1) is 4.92 Å². The second-order valence-corrected chi connectivity index (χ2v) is 4.87. The standard InChI is InChI=1S/C14H16F2N4O3/c1-9-13(20(21)22)14(19(2)18-9)17-7-10-4-3-5-11(6-10)23-8-12(15)16/h3-6,12,17H,7-8H2,1-2H3. The lowest BCUT2D eigenvalue weighted by Gasteiger charge is -2.09. The zero-order valence-corrected chi connectivity index (χ0v) is 12.6. The Morgan fingerprint density at radius 3 is 2.87 bits per heavy atom. The van der Waals surface area contributed by atoms with Crippen LogP contribution in [-0.4, -0.2) is 27.7 Å². The Bertz CT molecular complexity index is 703. The van der Waals surface area contributed by atoms with Crippen molar-refractivity contribution >= 4 is 11.5 Å². The highest BCUT2D eigenvalue weighted by Gasteiger charge is 2.23. The molecular weight excluding hydrogens is 310 g/mol. The summed E-state index contributed by atoms with van der Waals surface area (Å²) in [5.41, 5.74) is 0.969. The number of halogens is 2. The number of hydrogen-bond donors (Lipinski definition) is 1. The molecule has 124 valence electrons. The summed E-state index contributed by atoms with van der Waals surface area (Å²) < 4.78 is 30.6. The monoisotopic (exact) mass is 326 g/mol. The SMILES string of the molecule is Cc1nn(C)c(NCc2cccc(OCC(F)F)c2)c1[N+](=O)[O-]. The number of alkyl halides is 2. The van der Waals surface area contributed by atoms with E-state index in [9.17, 15) is 18.9 Å². The van der Waals surface area contributed by atoms with E-state index in [4.69, 9.17) is 4.74 Å². The van der Waals surface area contributed by atoms with Crippen molar-refractivity contribution in [2.24, 2.45) is 7.05 Å². The van der Waals surface area contributed by atoms with Gasteiger partial charge in [0.25, 0.3) is 6.43 Å². The minimum atomic E-state index is -2.54. The molecule has 0 saturated carbocycles. The maximum atomic E-state index is 12.1. The highest BCUT2D eigenvalue weighted by Crippen LogP contribution is 2.27. The van der Waals surface area contributed by atoms with Gasteiger partial charge < -0.3 is 10.1 Å². The summed E-state index contributed by atoms with van der Waals surface area (Å²) >= 11 is 0. The van der Waals surface area contributed by atoms with Gasteiger partial charge in [-0.15, -0.1) is 0 Å². The molecule has 2 rings (SSSR count). The van der Waals surface area contributed by atoms with Gasteiger partial charge in [-0.3, -0.25) is 10.1 Å². The Balaban J connectivity index is 2.10. The molecule has 9 heteroatoms. The van der Waals surface area contributed by atoms with Crippen LogP contribution >= 0.6 is 0 Å². The molecule has 1 N–H and O–H groups in total. The molecular formula is C14H16F2N4O3. The molecule has 0 aliphatic heterocycles. The average molecular weight is 326 g/mol. The molecule has 0 radical (unpaired) electrons. The van der Waals surface area contributed by atoms with Gasteiger partial charge in [0, 0.05) is 13.6 Å². The van der Waals surface area contributed by atoms with Crippen LogP contribution in [0.15, 0.2) is 24.3 Å². The van der Waals surface area contributed by atoms with Crippen molar-refractivity contribution in [3.63, 3.8) is 0 Å². The van der Waals surface area contributed by atoms with E-state index in [1.807, 2.05) is 0 Å². The van der Waals surface area contributed by atoms with Gasteiger partial charge in [0.15, 0.2) is 0 Å². The molecule has 0 saturated heterocycles. The van der Waals surface area contributed by atoms with Gasteiger partial charge in [-0.2, -0.15) is 5.10 Å². The smallest absolute Gasteiger partial charge is 0.333 e. The molecule has 1 aromatic heterocycles. The van der Waals surface area contributed by atoms with Crippen LogP contribution in [0.25, 0.3) is 0 Å². The molecule has 0 spiro atoms. The molecule has 0 aliphatic rings. The predicted octanol–water partition coefficient (Wildman–Crippen LogP) is 2.89. The summed E-state index contributed by atoms with van der Waals surface area (Å²) in [4.78, 5) is 10.6. The first-order valence-electron chi connectivity index (χ1n) is 6.80. The number of aryl methyl sites for hydroxylation is 2. The average Bonchev–Trinajstić information content (AvgIpc) is 2.77. The van der Waals surface area contributed by atoms with Crippen molar-refractivity contribution in [2.75, 3.05) is 11.9 Å². The van der Waals surface area contributed by atoms with Crippen molar-refractivity contribution in [3.05, 3.63) is 45.6 Å². The minimum Gasteiger partial charge on any atom is -0.488 e. The van der Waals surface area contributed by atoms with Crippen molar-refractivity contribution < 1.29 is 18.4 Å². The molecule has 23 heavy (non-hydrogen) atoms. The molecule has 1 aromatic carbocycles. The first-order chi connectivity index (χ1) is 10.9. The van der Waals surface area contributed by atoms with Gasteiger partial charge in [-0.1, -0.05) is 12.1 Å². The third kappa shape index (κ3) is 4.15. The van der Waals surface area contributed by atoms with Crippen LogP contribution < -0.4 is 10.1 Å². The van der Waals surface area contributed by atoms with Crippen LogP contribution in [0.2, 0.25) is 0 Å². The molecule has 7 nitrogen and oxygen atoms in total. The van der Waals surface area contributed by atoms with Gasteiger partial charge in [0.2, 0.25) is 5.82 Å². The Morgan fingerprint density at radius 1 is 1.48 bits per heavy atom. The third-order valence-electron chi connectivity index (χ3n) is 3.11. The lowest BCUT2D eigenvalue weighted by molar-refractivity contribution is -0.384. The summed E-state index contributed by atoms with van der Waals surface area (Å²) in [6.07, 6.45) is -2.54. The number of hydrogen-bond acceptors (Lipinski definition) is 5. The number of rotatable bonds is 7. The van der Waals surface area contributed by atoms with Gasteiger partial charge >= 0.3 is 5.69 Å². The first-order valence-corrected chi connectivity index (χ1v) is 6.80. The maximum absolute atomic E-state index is 12.1. The topological polar surface area (TPSA) is 82.2 Å². The molecule has 0 amide bonds. The fraction of sp³-hybridized carbons (Fsp3) is 0.357. The summed E-state index contributed by atoms with van der Waals surface area (Å²) in [6, 6.07) is 6.60. The quantitative estimate of drug-likeness (QED) is 0.625. The molecule has 1 heterocycles. The normalized spacial score (nSPS) is 10.8. The van der Waals surface area contributed by atoms with E-state index in [1.165, 1.54) is 4.68 Å². The number of nitrogens with one attached hydrogen (secondary N) is 1. The van der Waals surface area contributed by atoms with Crippen molar-refractivity contribution in [3.8, 4) is 5.75 Å². The maximum Gasteiger partial charge on any atom is 0.333 e. The summed E-state index contributed by atoms with van der Waals surface area (Å²) in [5, 5.41) is 18.1. The van der Waals surface area contributed by atoms with Gasteiger partial charge in [-0.25, -0.2) is 13.5 Å². The number of benzene rings is 1. The van der Waals surface area contributed by atoms with Crippen molar-refractivity contribution in [2.45, 2.75) is 19.9 Å². The molecule has 0 unspecified atom stereocenters. The van der Waals surface area contributed by atoms with Crippen molar-refractivity contribution in [1.29, 1.82) is 0 Å². The minimum absolute atomic E-state index is 0.0856. The van der Waals surface area contributed by atoms with E-state index in [0.717, 1.165) is 5.56 Å². The van der Waals surface area contributed by atoms with Crippen molar-refractivity contribution in [1.82, 2.24) is 9.78 Å². The lowest BCUT2D eigenvalue weighted by atomic mass is 10.2. The Hall–Kier alpha value is -2.71. The summed E-state index contributed by atoms with van der Waals surface area (Å²) in [5.74, 6) is 0.603. The zero-order chi connectivity index (χ0) is 17.0. The van der Waals surface area contributed by atoms with Crippen LogP contribution in [0, 0.1) is 17.0 Å². The second kappa shape index (κ2) is 7.03. The van der Waals surface area contributed by atoms with Gasteiger partial charge in [-0.05, 0) is 24.6 Å². The summed E-state index contributed by atoms with van der Waals surface area (Å²) in [7, 11) is 1.60. The van der Waals surface area contributed by atoms with E-state index in [0.29, 0.717) is 11.4 Å². The molecule has 0 fully saturated rings. The largest absolute Gasteiger partial charge is 0.488 e. The van der Waals surface area contributed by atoms with Crippen LogP contribution in [0.3, 0.4) is 0 Å². The van der Waals surface area contributed by atoms with E-state index in [1.54, 1.807) is 38.2 Å². The number of aromatic nitrogens is 2. The summed E-state index contributed by atoms with van der Waals surface area (Å²) in [6.45, 7) is 1.15. The second-order valence-electron chi connectivity index (χ2n) is 4.87. The van der Waals surface area contributed by atoms with Crippen LogP contribution in [0.5, 0.6) is 5.75 Å². The molecule has 0 aliphatic carbocycles. The zero-order valence-electron chi connectivity index (χ0n) is 12.6. The van der Waals surface area contributed by atoms with Crippen LogP contribution in [0.1, 0.15) is 11.3 Å². The Kier molecular flexibility index (Phi) is 5.09. The van der Waals surface area contributed by atoms with Gasteiger partial charge in [0.1, 0.15) is 18.1 Å². The Morgan fingerprint density at radius 2 is 2.22 bits per heavy atom. The van der Waals surface area contributed by atoms with E-state index in [2.05, 4.69) is 10.4 Å². The fourth-order valence-corrected chi connectivity index (χ4v) is 2.15. The predicted molar refractivity (Wildman–Crippen MR) is 79.9 cm³/mol. The number of anilines is 1. The lowest BCUT2D eigenvalue weighted by Crippen LogP contribution is -2.08. The number of ether oxygens (including phenoxy) is 1.